The van der Waals surface area contributed by atoms with Crippen LogP contribution in [0.2, 0.25) is 0 Å². The monoisotopic (exact) mass is 436 g/mol. The number of ether oxygens (including phenoxy) is 1. The lowest BCUT2D eigenvalue weighted by molar-refractivity contribution is -0.140. The third-order valence-corrected chi connectivity index (χ3v) is 6.65. The second-order valence-corrected chi connectivity index (χ2v) is 9.23. The van der Waals surface area contributed by atoms with Gasteiger partial charge in [0.1, 0.15) is 4.90 Å². The number of hydrogen-bond acceptors (Lipinski definition) is 6. The summed E-state index contributed by atoms with van der Waals surface area (Å²) in [6.45, 7) is 4.29. The van der Waals surface area contributed by atoms with E-state index in [2.05, 4.69) is 21.4 Å². The molecule has 1 fully saturated rings. The lowest BCUT2D eigenvalue weighted by Gasteiger charge is -2.13. The van der Waals surface area contributed by atoms with E-state index in [-0.39, 0.29) is 22.7 Å². The second kappa shape index (κ2) is 11.7. The SMILES string of the molecule is C=C[C@@H]1C[C@@H]1C(=O)NS(=O)(=O)c1ccccc1NCCCCCCCCC(=O)OC. The first kappa shape index (κ1) is 23.9. The number of rotatable bonds is 14. The molecule has 0 bridgehead atoms. The molecule has 2 N–H and O–H groups in total. The second-order valence-electron chi connectivity index (χ2n) is 7.58. The van der Waals surface area contributed by atoms with Crippen LogP contribution in [0.1, 0.15) is 51.4 Å². The van der Waals surface area contributed by atoms with E-state index in [0.29, 0.717) is 25.1 Å². The van der Waals surface area contributed by atoms with Gasteiger partial charge in [-0.25, -0.2) is 13.1 Å². The van der Waals surface area contributed by atoms with E-state index in [0.717, 1.165) is 38.5 Å². The number of allylic oxidation sites excluding steroid dienone is 1. The van der Waals surface area contributed by atoms with Crippen LogP contribution in [0.15, 0.2) is 41.8 Å². The van der Waals surface area contributed by atoms with Gasteiger partial charge in [-0.05, 0) is 37.3 Å². The molecular formula is C22H32N2O5S. The molecule has 0 aromatic heterocycles. The molecule has 2 rings (SSSR count). The Morgan fingerprint density at radius 1 is 1.13 bits per heavy atom. The summed E-state index contributed by atoms with van der Waals surface area (Å²) < 4.78 is 32.1. The third kappa shape index (κ3) is 7.48. The van der Waals surface area contributed by atoms with Crippen molar-refractivity contribution in [2.75, 3.05) is 19.0 Å². The van der Waals surface area contributed by atoms with Gasteiger partial charge in [-0.15, -0.1) is 6.58 Å². The van der Waals surface area contributed by atoms with E-state index >= 15 is 0 Å². The molecule has 0 saturated heterocycles. The molecule has 1 saturated carbocycles. The summed E-state index contributed by atoms with van der Waals surface area (Å²) >= 11 is 0. The number of benzene rings is 1. The fourth-order valence-electron chi connectivity index (χ4n) is 3.31. The molecule has 0 aliphatic heterocycles. The lowest BCUT2D eigenvalue weighted by atomic mass is 10.1. The predicted octanol–water partition coefficient (Wildman–Crippen LogP) is 3.63. The summed E-state index contributed by atoms with van der Waals surface area (Å²) in [5.41, 5.74) is 0.493. The number of hydrogen-bond donors (Lipinski definition) is 2. The Bertz CT molecular complexity index is 838. The molecule has 1 aromatic rings. The molecule has 2 atom stereocenters. The van der Waals surface area contributed by atoms with E-state index in [4.69, 9.17) is 0 Å². The Hall–Kier alpha value is -2.35. The number of esters is 1. The molecule has 7 nitrogen and oxygen atoms in total. The first-order valence-corrected chi connectivity index (χ1v) is 12.0. The zero-order valence-electron chi connectivity index (χ0n) is 17.6. The van der Waals surface area contributed by atoms with Gasteiger partial charge in [-0.2, -0.15) is 0 Å². The van der Waals surface area contributed by atoms with Gasteiger partial charge in [0.15, 0.2) is 0 Å². The van der Waals surface area contributed by atoms with Gasteiger partial charge in [0.25, 0.3) is 10.0 Å². The van der Waals surface area contributed by atoms with Crippen LogP contribution in [0, 0.1) is 11.8 Å². The predicted molar refractivity (Wildman–Crippen MR) is 116 cm³/mol. The average molecular weight is 437 g/mol. The van der Waals surface area contributed by atoms with Gasteiger partial charge >= 0.3 is 5.97 Å². The molecule has 1 amide bonds. The van der Waals surface area contributed by atoms with Gasteiger partial charge in [0.2, 0.25) is 5.91 Å². The van der Waals surface area contributed by atoms with Crippen LogP contribution in [0.4, 0.5) is 5.69 Å². The highest BCUT2D eigenvalue weighted by molar-refractivity contribution is 7.90. The van der Waals surface area contributed by atoms with Crippen LogP contribution in [0.3, 0.4) is 0 Å². The maximum absolute atomic E-state index is 12.7. The molecule has 1 aromatic carbocycles. The third-order valence-electron chi connectivity index (χ3n) is 5.24. The summed E-state index contributed by atoms with van der Waals surface area (Å²) in [4.78, 5) is 23.3. The molecule has 30 heavy (non-hydrogen) atoms. The Morgan fingerprint density at radius 3 is 2.47 bits per heavy atom. The van der Waals surface area contributed by atoms with Crippen LogP contribution in [-0.2, 0) is 24.3 Å². The number of sulfonamides is 1. The maximum Gasteiger partial charge on any atom is 0.305 e. The first-order valence-electron chi connectivity index (χ1n) is 10.5. The largest absolute Gasteiger partial charge is 0.469 e. The van der Waals surface area contributed by atoms with Crippen molar-refractivity contribution in [1.82, 2.24) is 4.72 Å². The number of unbranched alkanes of at least 4 members (excludes halogenated alkanes) is 5. The van der Waals surface area contributed by atoms with Gasteiger partial charge in [-0.3, -0.25) is 9.59 Å². The number of anilines is 1. The Balaban J connectivity index is 1.74. The highest BCUT2D eigenvalue weighted by atomic mass is 32.2. The minimum atomic E-state index is -3.93. The van der Waals surface area contributed by atoms with Crippen molar-refractivity contribution in [1.29, 1.82) is 0 Å². The van der Waals surface area contributed by atoms with E-state index in [9.17, 15) is 18.0 Å². The zero-order valence-corrected chi connectivity index (χ0v) is 18.4. The highest BCUT2D eigenvalue weighted by Gasteiger charge is 2.42. The summed E-state index contributed by atoms with van der Waals surface area (Å²) in [6, 6.07) is 6.61. The van der Waals surface area contributed by atoms with E-state index in [1.54, 1.807) is 24.3 Å². The standard InChI is InChI=1S/C22H32N2O5S/c1-3-17-16-18(17)22(26)24-30(27,28)20-13-10-9-12-19(20)23-15-11-7-5-4-6-8-14-21(25)29-2/h3,9-10,12-13,17-18,23H,1,4-8,11,14-16H2,2H3,(H,24,26)/t17-,18+/m1/s1. The van der Waals surface area contributed by atoms with E-state index < -0.39 is 15.9 Å². The lowest BCUT2D eigenvalue weighted by Crippen LogP contribution is -2.32. The summed E-state index contributed by atoms with van der Waals surface area (Å²) in [5, 5.41) is 3.17. The van der Waals surface area contributed by atoms with E-state index in [1.165, 1.54) is 13.2 Å². The number of nitrogens with one attached hydrogen (secondary N) is 2. The van der Waals surface area contributed by atoms with Gasteiger partial charge < -0.3 is 10.1 Å². The molecule has 0 radical (unpaired) electrons. The molecule has 0 heterocycles. The van der Waals surface area contributed by atoms with Crippen molar-refractivity contribution in [3.63, 3.8) is 0 Å². The van der Waals surface area contributed by atoms with Crippen LogP contribution in [0.5, 0.6) is 0 Å². The summed E-state index contributed by atoms with van der Waals surface area (Å²) in [7, 11) is -2.53. The smallest absolute Gasteiger partial charge is 0.305 e. The van der Waals surface area contributed by atoms with Crippen molar-refractivity contribution in [2.24, 2.45) is 11.8 Å². The van der Waals surface area contributed by atoms with Gasteiger partial charge in [-0.1, -0.05) is 43.9 Å². The molecule has 1 aliphatic rings. The van der Waals surface area contributed by atoms with Crippen LogP contribution >= 0.6 is 0 Å². The molecule has 166 valence electrons. The number of para-hydroxylation sites is 1. The molecule has 0 spiro atoms. The topological polar surface area (TPSA) is 102 Å². The highest BCUT2D eigenvalue weighted by Crippen LogP contribution is 2.39. The van der Waals surface area contributed by atoms with Crippen molar-refractivity contribution in [2.45, 2.75) is 56.3 Å². The van der Waals surface area contributed by atoms with Gasteiger partial charge in [0, 0.05) is 18.9 Å². The number of carbonyl (C=O) groups excluding carboxylic acids is 2. The Labute approximate surface area is 179 Å². The van der Waals surface area contributed by atoms with E-state index in [1.807, 2.05) is 0 Å². The summed E-state index contributed by atoms with van der Waals surface area (Å²) in [5.74, 6) is -0.873. The quantitative estimate of drug-likeness (QED) is 0.262. The van der Waals surface area contributed by atoms with Crippen molar-refractivity contribution >= 4 is 27.6 Å². The summed E-state index contributed by atoms with van der Waals surface area (Å²) in [6.07, 6.45) is 8.68. The fourth-order valence-corrected chi connectivity index (χ4v) is 4.53. The zero-order chi connectivity index (χ0) is 22.0. The Morgan fingerprint density at radius 2 is 1.80 bits per heavy atom. The van der Waals surface area contributed by atoms with Crippen LogP contribution in [0.25, 0.3) is 0 Å². The first-order chi connectivity index (χ1) is 14.4. The number of methoxy groups -OCH3 is 1. The Kier molecular flexibility index (Phi) is 9.36. The number of carbonyl (C=O) groups is 2. The fraction of sp³-hybridized carbons (Fsp3) is 0.545. The molecule has 0 unspecified atom stereocenters. The minimum Gasteiger partial charge on any atom is -0.469 e. The van der Waals surface area contributed by atoms with Gasteiger partial charge in [0.05, 0.1) is 12.8 Å². The number of amides is 1. The van der Waals surface area contributed by atoms with Crippen LogP contribution < -0.4 is 10.0 Å². The normalized spacial score (nSPS) is 17.8. The van der Waals surface area contributed by atoms with Crippen molar-refractivity contribution in [3.05, 3.63) is 36.9 Å². The molecule has 8 heteroatoms. The molecular weight excluding hydrogens is 404 g/mol. The van der Waals surface area contributed by atoms with Crippen molar-refractivity contribution in [3.8, 4) is 0 Å². The van der Waals surface area contributed by atoms with Crippen molar-refractivity contribution < 1.29 is 22.7 Å². The maximum atomic E-state index is 12.7. The van der Waals surface area contributed by atoms with Crippen LogP contribution in [-0.4, -0.2) is 33.9 Å². The molecule has 1 aliphatic carbocycles. The minimum absolute atomic E-state index is 0.0639. The average Bonchev–Trinajstić information content (AvgIpc) is 3.52.